The number of aliphatic carboxylic acids is 1. The number of halogens is 1. The van der Waals surface area contributed by atoms with Gasteiger partial charge in [-0.05, 0) is 37.5 Å². The van der Waals surface area contributed by atoms with Crippen molar-refractivity contribution in [1.82, 2.24) is 0 Å². The van der Waals surface area contributed by atoms with E-state index in [1.165, 1.54) is 11.0 Å². The molecule has 0 bridgehead atoms. The molecule has 1 saturated heterocycles. The van der Waals surface area contributed by atoms with Crippen LogP contribution in [0.15, 0.2) is 18.2 Å². The number of quaternary nitrogens is 1. The first-order valence-corrected chi connectivity index (χ1v) is 6.35. The summed E-state index contributed by atoms with van der Waals surface area (Å²) in [6.07, 6.45) is 1.63. The zero-order valence-electron chi connectivity index (χ0n) is 10.5. The van der Waals surface area contributed by atoms with Crippen LogP contribution < -0.4 is 10.0 Å². The minimum atomic E-state index is -0.942. The Hall–Kier alpha value is -1.42. The maximum Gasteiger partial charge on any atom is 0.126 e. The molecule has 1 aliphatic heterocycles. The van der Waals surface area contributed by atoms with Crippen molar-refractivity contribution in [2.24, 2.45) is 5.92 Å². The van der Waals surface area contributed by atoms with Crippen LogP contribution in [0.25, 0.3) is 0 Å². The number of hydrogen-bond acceptors (Lipinski definition) is 2. The van der Waals surface area contributed by atoms with Crippen LogP contribution in [0.5, 0.6) is 0 Å². The summed E-state index contributed by atoms with van der Waals surface area (Å²) in [5.41, 5.74) is 1.70. The van der Waals surface area contributed by atoms with Crippen molar-refractivity contribution in [1.29, 1.82) is 0 Å². The molecule has 1 aliphatic rings. The van der Waals surface area contributed by atoms with Gasteiger partial charge in [0.1, 0.15) is 12.4 Å². The molecule has 18 heavy (non-hydrogen) atoms. The van der Waals surface area contributed by atoms with Crippen LogP contribution in [-0.4, -0.2) is 19.1 Å². The number of carboxylic acid groups (broad SMARTS) is 1. The molecule has 1 aromatic carbocycles. The van der Waals surface area contributed by atoms with E-state index in [0.717, 1.165) is 25.1 Å². The van der Waals surface area contributed by atoms with E-state index in [-0.39, 0.29) is 11.7 Å². The highest BCUT2D eigenvalue weighted by molar-refractivity contribution is 5.67. The Morgan fingerprint density at radius 1 is 1.56 bits per heavy atom. The van der Waals surface area contributed by atoms with Crippen molar-refractivity contribution < 1.29 is 19.2 Å². The molecule has 2 rings (SSSR count). The van der Waals surface area contributed by atoms with Crippen LogP contribution in [0.2, 0.25) is 0 Å². The van der Waals surface area contributed by atoms with E-state index in [9.17, 15) is 14.3 Å². The zero-order chi connectivity index (χ0) is 13.1. The fourth-order valence-electron chi connectivity index (χ4n) is 2.62. The highest BCUT2D eigenvalue weighted by Gasteiger charge is 2.23. The fourth-order valence-corrected chi connectivity index (χ4v) is 2.62. The molecule has 2 atom stereocenters. The lowest BCUT2D eigenvalue weighted by molar-refractivity contribution is -0.921. The zero-order valence-corrected chi connectivity index (χ0v) is 10.5. The Kier molecular flexibility index (Phi) is 3.97. The Bertz CT molecular complexity index is 447. The van der Waals surface area contributed by atoms with Gasteiger partial charge in [-0.2, -0.15) is 0 Å². The first-order valence-electron chi connectivity index (χ1n) is 6.35. The van der Waals surface area contributed by atoms with E-state index < -0.39 is 5.97 Å². The van der Waals surface area contributed by atoms with Crippen molar-refractivity contribution in [2.45, 2.75) is 26.3 Å². The summed E-state index contributed by atoms with van der Waals surface area (Å²) in [5, 5.41) is 10.9. The van der Waals surface area contributed by atoms with Crippen molar-refractivity contribution in [2.75, 3.05) is 13.1 Å². The predicted octanol–water partition coefficient (Wildman–Crippen LogP) is -0.321. The molecule has 1 fully saturated rings. The Labute approximate surface area is 106 Å². The van der Waals surface area contributed by atoms with Gasteiger partial charge in [-0.15, -0.1) is 0 Å². The number of carbonyl (C=O) groups is 1. The van der Waals surface area contributed by atoms with Crippen LogP contribution in [-0.2, 0) is 11.3 Å². The molecule has 1 aromatic rings. The molecule has 1 unspecified atom stereocenters. The molecule has 98 valence electrons. The van der Waals surface area contributed by atoms with Gasteiger partial charge in [-0.3, -0.25) is 0 Å². The van der Waals surface area contributed by atoms with Crippen molar-refractivity contribution in [3.63, 3.8) is 0 Å². The van der Waals surface area contributed by atoms with E-state index in [4.69, 9.17) is 0 Å². The molecular formula is C14H18FNO2. The second-order valence-corrected chi connectivity index (χ2v) is 5.12. The molecular weight excluding hydrogens is 233 g/mol. The number of benzene rings is 1. The monoisotopic (exact) mass is 251 g/mol. The highest BCUT2D eigenvalue weighted by Crippen LogP contribution is 2.10. The minimum absolute atomic E-state index is 0.194. The summed E-state index contributed by atoms with van der Waals surface area (Å²) in [4.78, 5) is 12.1. The fraction of sp³-hybridized carbons (Fsp3) is 0.500. The number of carbonyl (C=O) groups excluding carboxylic acids is 1. The van der Waals surface area contributed by atoms with E-state index >= 15 is 0 Å². The van der Waals surface area contributed by atoms with Crippen LogP contribution in [0, 0.1) is 18.7 Å². The van der Waals surface area contributed by atoms with E-state index in [2.05, 4.69) is 0 Å². The maximum atomic E-state index is 13.2. The number of nitrogens with one attached hydrogen (secondary N) is 1. The molecule has 0 radical (unpaired) electrons. The van der Waals surface area contributed by atoms with E-state index in [1.54, 1.807) is 13.0 Å². The molecule has 3 nitrogen and oxygen atoms in total. The van der Waals surface area contributed by atoms with E-state index in [1.807, 2.05) is 6.07 Å². The predicted molar refractivity (Wildman–Crippen MR) is 63.3 cm³/mol. The van der Waals surface area contributed by atoms with Crippen LogP contribution in [0.4, 0.5) is 4.39 Å². The minimum Gasteiger partial charge on any atom is -0.550 e. The lowest BCUT2D eigenvalue weighted by Gasteiger charge is -2.30. The summed E-state index contributed by atoms with van der Waals surface area (Å²) in [6, 6.07) is 5.09. The van der Waals surface area contributed by atoms with Crippen LogP contribution in [0.3, 0.4) is 0 Å². The number of piperidine rings is 1. The van der Waals surface area contributed by atoms with Crippen LogP contribution >= 0.6 is 0 Å². The van der Waals surface area contributed by atoms with Gasteiger partial charge in [0.15, 0.2) is 0 Å². The third-order valence-electron chi connectivity index (χ3n) is 3.63. The Morgan fingerprint density at radius 3 is 3.00 bits per heavy atom. The van der Waals surface area contributed by atoms with Gasteiger partial charge in [-0.1, -0.05) is 6.07 Å². The number of likely N-dealkylation sites (tertiary alicyclic amines) is 1. The summed E-state index contributed by atoms with van der Waals surface area (Å²) in [6.45, 7) is 4.08. The van der Waals surface area contributed by atoms with Gasteiger partial charge in [0.2, 0.25) is 0 Å². The van der Waals surface area contributed by atoms with Gasteiger partial charge >= 0.3 is 0 Å². The molecule has 4 heteroatoms. The smallest absolute Gasteiger partial charge is 0.126 e. The number of aryl methyl sites for hydroxylation is 1. The van der Waals surface area contributed by atoms with Crippen LogP contribution in [0.1, 0.15) is 24.0 Å². The summed E-state index contributed by atoms with van der Waals surface area (Å²) in [7, 11) is 0. The molecule has 1 heterocycles. The lowest BCUT2D eigenvalue weighted by Crippen LogP contribution is -3.12. The maximum absolute atomic E-state index is 13.2. The molecule has 1 N–H and O–H groups in total. The van der Waals surface area contributed by atoms with E-state index in [0.29, 0.717) is 18.5 Å². The third kappa shape index (κ3) is 3.07. The lowest BCUT2D eigenvalue weighted by atomic mass is 9.98. The van der Waals surface area contributed by atoms with Gasteiger partial charge in [0.25, 0.3) is 0 Å². The summed E-state index contributed by atoms with van der Waals surface area (Å²) < 4.78 is 13.2. The Morgan fingerprint density at radius 2 is 2.33 bits per heavy atom. The first-order chi connectivity index (χ1) is 8.56. The molecule has 0 aliphatic carbocycles. The second kappa shape index (κ2) is 5.48. The average molecular weight is 251 g/mol. The normalized spacial score (nSPS) is 23.9. The largest absolute Gasteiger partial charge is 0.550 e. The molecule has 0 amide bonds. The molecule has 0 saturated carbocycles. The average Bonchev–Trinajstić information content (AvgIpc) is 2.34. The van der Waals surface area contributed by atoms with Gasteiger partial charge < -0.3 is 14.8 Å². The van der Waals surface area contributed by atoms with Gasteiger partial charge in [0, 0.05) is 11.5 Å². The number of hydrogen-bond donors (Lipinski definition) is 1. The standard InChI is InChI=1S/C14H18FNO2/c1-10-7-11(4-5-13(10)15)8-16-6-2-3-12(9-16)14(17)18/h4-5,7,12H,2-3,6,8-9H2,1H3,(H,17,18)/t12-/m1/s1. The molecule has 0 aromatic heterocycles. The topological polar surface area (TPSA) is 44.6 Å². The van der Waals surface area contributed by atoms with Gasteiger partial charge in [-0.25, -0.2) is 4.39 Å². The number of rotatable bonds is 3. The van der Waals surface area contributed by atoms with Crippen molar-refractivity contribution >= 4 is 5.97 Å². The van der Waals surface area contributed by atoms with Crippen molar-refractivity contribution in [3.8, 4) is 0 Å². The third-order valence-corrected chi connectivity index (χ3v) is 3.63. The summed E-state index contributed by atoms with van der Waals surface area (Å²) in [5.74, 6) is -1.47. The van der Waals surface area contributed by atoms with Gasteiger partial charge in [0.05, 0.1) is 19.1 Å². The molecule has 0 spiro atoms. The summed E-state index contributed by atoms with van der Waals surface area (Å²) >= 11 is 0. The highest BCUT2D eigenvalue weighted by atomic mass is 19.1. The number of carboxylic acids is 1. The quantitative estimate of drug-likeness (QED) is 0.800. The SMILES string of the molecule is Cc1cc(C[NH+]2CCC[C@@H](C(=O)[O-])C2)ccc1F. The second-order valence-electron chi connectivity index (χ2n) is 5.12. The first kappa shape index (κ1) is 13.0. The Balaban J connectivity index is 2.00. The van der Waals surface area contributed by atoms with Crippen molar-refractivity contribution in [3.05, 3.63) is 35.1 Å².